The minimum Gasteiger partial charge on any atom is -0.493 e. The zero-order valence-electron chi connectivity index (χ0n) is 17.9. The van der Waals surface area contributed by atoms with E-state index in [2.05, 4.69) is 5.32 Å². The summed E-state index contributed by atoms with van der Waals surface area (Å²) in [6.45, 7) is 3.75. The number of methoxy groups -OCH3 is 1. The van der Waals surface area contributed by atoms with Gasteiger partial charge in [-0.1, -0.05) is 30.3 Å². The van der Waals surface area contributed by atoms with Crippen molar-refractivity contribution in [1.29, 1.82) is 0 Å². The Bertz CT molecular complexity index is 906. The van der Waals surface area contributed by atoms with Crippen LogP contribution in [-0.4, -0.2) is 62.6 Å². The van der Waals surface area contributed by atoms with E-state index in [1.807, 2.05) is 35.2 Å². The SMILES string of the molecule is COc1cc(C(=O)N2CC[NH+](CC(=O)NC3CC3)CC2)ccc1OCc1ccccc1. The highest BCUT2D eigenvalue weighted by Gasteiger charge is 2.29. The zero-order valence-corrected chi connectivity index (χ0v) is 17.9. The lowest BCUT2D eigenvalue weighted by Gasteiger charge is -2.32. The van der Waals surface area contributed by atoms with Gasteiger partial charge in [-0.15, -0.1) is 0 Å². The van der Waals surface area contributed by atoms with Gasteiger partial charge in [0.15, 0.2) is 18.0 Å². The molecular formula is C24H30N3O4+. The number of carbonyl (C=O) groups excluding carboxylic acids is 2. The summed E-state index contributed by atoms with van der Waals surface area (Å²) in [5.74, 6) is 1.25. The van der Waals surface area contributed by atoms with Gasteiger partial charge in [0.05, 0.1) is 33.3 Å². The molecular weight excluding hydrogens is 394 g/mol. The van der Waals surface area contributed by atoms with E-state index in [1.54, 1.807) is 25.3 Å². The van der Waals surface area contributed by atoms with E-state index < -0.39 is 0 Å². The standard InChI is InChI=1S/C24H29N3O4/c1-30-22-15-19(7-10-21(22)31-17-18-5-3-2-4-6-18)24(29)27-13-11-26(12-14-27)16-23(28)25-20-8-9-20/h2-7,10,15,20H,8-9,11-14,16-17H2,1H3,(H,25,28)/p+1. The molecule has 0 spiro atoms. The van der Waals surface area contributed by atoms with Gasteiger partial charge in [-0.2, -0.15) is 0 Å². The molecule has 7 heteroatoms. The molecule has 0 atom stereocenters. The third-order valence-electron chi connectivity index (χ3n) is 5.76. The highest BCUT2D eigenvalue weighted by Crippen LogP contribution is 2.29. The number of carbonyl (C=O) groups is 2. The molecule has 2 N–H and O–H groups in total. The summed E-state index contributed by atoms with van der Waals surface area (Å²) in [4.78, 5) is 28.1. The molecule has 0 aromatic heterocycles. The van der Waals surface area contributed by atoms with Crippen LogP contribution in [0.25, 0.3) is 0 Å². The minimum absolute atomic E-state index is 0.0191. The van der Waals surface area contributed by atoms with Gasteiger partial charge in [-0.25, -0.2) is 0 Å². The lowest BCUT2D eigenvalue weighted by atomic mass is 10.1. The fraction of sp³-hybridized carbons (Fsp3) is 0.417. The number of ether oxygens (including phenoxy) is 2. The molecule has 2 aliphatic rings. The smallest absolute Gasteiger partial charge is 0.275 e. The summed E-state index contributed by atoms with van der Waals surface area (Å²) >= 11 is 0. The number of amides is 2. The molecule has 2 aromatic rings. The molecule has 2 amide bonds. The Hall–Kier alpha value is -3.06. The maximum absolute atomic E-state index is 13.0. The quantitative estimate of drug-likeness (QED) is 0.660. The average Bonchev–Trinajstić information content (AvgIpc) is 3.62. The molecule has 0 unspecified atom stereocenters. The Morgan fingerprint density at radius 1 is 1.06 bits per heavy atom. The van der Waals surface area contributed by atoms with Gasteiger partial charge in [0.2, 0.25) is 0 Å². The first kappa shape index (κ1) is 21.2. The number of rotatable bonds is 8. The van der Waals surface area contributed by atoms with Gasteiger partial charge >= 0.3 is 0 Å². The molecule has 7 nitrogen and oxygen atoms in total. The van der Waals surface area contributed by atoms with Crippen molar-refractivity contribution in [3.8, 4) is 11.5 Å². The van der Waals surface area contributed by atoms with Crippen LogP contribution < -0.4 is 19.7 Å². The first-order valence-electron chi connectivity index (χ1n) is 10.9. The number of nitrogens with zero attached hydrogens (tertiary/aromatic N) is 1. The fourth-order valence-corrected chi connectivity index (χ4v) is 3.77. The normalized spacial score (nSPS) is 16.6. The van der Waals surface area contributed by atoms with Crippen LogP contribution >= 0.6 is 0 Å². The molecule has 0 radical (unpaired) electrons. The van der Waals surface area contributed by atoms with Crippen molar-refractivity contribution in [2.75, 3.05) is 39.8 Å². The van der Waals surface area contributed by atoms with Crippen LogP contribution in [0.3, 0.4) is 0 Å². The van der Waals surface area contributed by atoms with Crippen molar-refractivity contribution in [2.45, 2.75) is 25.5 Å². The zero-order chi connectivity index (χ0) is 21.6. The Morgan fingerprint density at radius 3 is 2.48 bits per heavy atom. The Kier molecular flexibility index (Phi) is 6.72. The number of quaternary nitrogens is 1. The predicted octanol–water partition coefficient (Wildman–Crippen LogP) is 0.894. The summed E-state index contributed by atoms with van der Waals surface area (Å²) in [6.07, 6.45) is 2.20. The second kappa shape index (κ2) is 9.83. The number of hydrogen-bond donors (Lipinski definition) is 2. The van der Waals surface area contributed by atoms with Crippen LogP contribution in [0.4, 0.5) is 0 Å². The Balaban J connectivity index is 1.31. The van der Waals surface area contributed by atoms with Gasteiger partial charge < -0.3 is 24.6 Å². The highest BCUT2D eigenvalue weighted by molar-refractivity contribution is 5.95. The van der Waals surface area contributed by atoms with Crippen molar-refractivity contribution in [3.05, 3.63) is 59.7 Å². The number of piperazine rings is 1. The van der Waals surface area contributed by atoms with E-state index in [4.69, 9.17) is 9.47 Å². The Labute approximate surface area is 182 Å². The molecule has 1 aliphatic heterocycles. The van der Waals surface area contributed by atoms with Crippen LogP contribution in [0.15, 0.2) is 48.5 Å². The molecule has 2 aromatic carbocycles. The second-order valence-corrected chi connectivity index (χ2v) is 8.20. The third kappa shape index (κ3) is 5.76. The van der Waals surface area contributed by atoms with Crippen molar-refractivity contribution >= 4 is 11.8 Å². The van der Waals surface area contributed by atoms with Crippen LogP contribution in [0.2, 0.25) is 0 Å². The summed E-state index contributed by atoms with van der Waals surface area (Å²) in [5.41, 5.74) is 1.65. The topological polar surface area (TPSA) is 72.3 Å². The van der Waals surface area contributed by atoms with Gasteiger partial charge in [0, 0.05) is 11.6 Å². The molecule has 164 valence electrons. The number of benzene rings is 2. The summed E-state index contributed by atoms with van der Waals surface area (Å²) in [5, 5.41) is 3.03. The first-order chi connectivity index (χ1) is 15.1. The lowest BCUT2D eigenvalue weighted by molar-refractivity contribution is -0.896. The summed E-state index contributed by atoms with van der Waals surface area (Å²) < 4.78 is 11.4. The van der Waals surface area contributed by atoms with E-state index >= 15 is 0 Å². The van der Waals surface area contributed by atoms with Crippen molar-refractivity contribution in [2.24, 2.45) is 0 Å². The van der Waals surface area contributed by atoms with Crippen LogP contribution in [0.5, 0.6) is 11.5 Å². The fourth-order valence-electron chi connectivity index (χ4n) is 3.77. The maximum Gasteiger partial charge on any atom is 0.275 e. The lowest BCUT2D eigenvalue weighted by Crippen LogP contribution is -3.15. The highest BCUT2D eigenvalue weighted by atomic mass is 16.5. The van der Waals surface area contributed by atoms with E-state index in [-0.39, 0.29) is 11.8 Å². The molecule has 1 saturated heterocycles. The van der Waals surface area contributed by atoms with Crippen LogP contribution in [-0.2, 0) is 11.4 Å². The van der Waals surface area contributed by atoms with E-state index in [9.17, 15) is 9.59 Å². The molecule has 1 heterocycles. The first-order valence-corrected chi connectivity index (χ1v) is 10.9. The Morgan fingerprint density at radius 2 is 1.81 bits per heavy atom. The van der Waals surface area contributed by atoms with E-state index in [1.165, 1.54) is 4.90 Å². The molecule has 0 bridgehead atoms. The number of hydrogen-bond acceptors (Lipinski definition) is 4. The van der Waals surface area contributed by atoms with Crippen molar-refractivity contribution < 1.29 is 24.0 Å². The van der Waals surface area contributed by atoms with Crippen LogP contribution in [0, 0.1) is 0 Å². The molecule has 1 aliphatic carbocycles. The maximum atomic E-state index is 13.0. The monoisotopic (exact) mass is 424 g/mol. The van der Waals surface area contributed by atoms with Crippen molar-refractivity contribution in [3.63, 3.8) is 0 Å². The van der Waals surface area contributed by atoms with Gasteiger partial charge in [0.25, 0.3) is 11.8 Å². The molecule has 4 rings (SSSR count). The summed E-state index contributed by atoms with van der Waals surface area (Å²) in [7, 11) is 1.58. The molecule has 31 heavy (non-hydrogen) atoms. The van der Waals surface area contributed by atoms with Gasteiger partial charge in [0.1, 0.15) is 6.61 Å². The van der Waals surface area contributed by atoms with E-state index in [0.717, 1.165) is 31.5 Å². The molecule has 2 fully saturated rings. The number of nitrogens with one attached hydrogen (secondary N) is 2. The summed E-state index contributed by atoms with van der Waals surface area (Å²) in [6, 6.07) is 15.6. The molecule has 1 saturated carbocycles. The average molecular weight is 425 g/mol. The largest absolute Gasteiger partial charge is 0.493 e. The minimum atomic E-state index is -0.0191. The van der Waals surface area contributed by atoms with Gasteiger partial charge in [-0.3, -0.25) is 9.59 Å². The second-order valence-electron chi connectivity index (χ2n) is 8.20. The predicted molar refractivity (Wildman–Crippen MR) is 116 cm³/mol. The van der Waals surface area contributed by atoms with Crippen LogP contribution in [0.1, 0.15) is 28.8 Å². The van der Waals surface area contributed by atoms with Gasteiger partial charge in [-0.05, 0) is 36.6 Å². The van der Waals surface area contributed by atoms with E-state index in [0.29, 0.717) is 49.3 Å². The third-order valence-corrected chi connectivity index (χ3v) is 5.76. The van der Waals surface area contributed by atoms with Crippen molar-refractivity contribution in [1.82, 2.24) is 10.2 Å².